The molecule has 0 aliphatic heterocycles. The van der Waals surface area contributed by atoms with E-state index in [1.165, 1.54) is 6.92 Å². The Morgan fingerprint density at radius 2 is 2.29 bits per heavy atom. The molecule has 1 rings (SSSR count). The standard InChI is InChI=1S/C8H7ClF2O3/c1-2-13-7(12)8(10,11)5-3-4-6(9)14-5/h3-4H,2H2,1H3. The van der Waals surface area contributed by atoms with Gasteiger partial charge >= 0.3 is 11.9 Å². The number of rotatable bonds is 3. The molecule has 0 aliphatic rings. The van der Waals surface area contributed by atoms with Gasteiger partial charge in [0.2, 0.25) is 0 Å². The fourth-order valence-corrected chi connectivity index (χ4v) is 0.951. The zero-order chi connectivity index (χ0) is 10.8. The Balaban J connectivity index is 2.89. The van der Waals surface area contributed by atoms with Crippen LogP contribution in [0.2, 0.25) is 5.22 Å². The number of alkyl halides is 2. The maximum Gasteiger partial charge on any atom is 0.399 e. The second kappa shape index (κ2) is 3.96. The first kappa shape index (κ1) is 11.0. The van der Waals surface area contributed by atoms with Crippen molar-refractivity contribution in [3.8, 4) is 0 Å². The Kier molecular flexibility index (Phi) is 3.10. The van der Waals surface area contributed by atoms with E-state index in [1.54, 1.807) is 0 Å². The molecule has 0 aliphatic carbocycles. The first-order chi connectivity index (χ1) is 6.48. The fraction of sp³-hybridized carbons (Fsp3) is 0.375. The molecular formula is C8H7ClF2O3. The second-order valence-electron chi connectivity index (χ2n) is 2.40. The van der Waals surface area contributed by atoms with Gasteiger partial charge in [-0.1, -0.05) is 0 Å². The number of furan rings is 1. The third-order valence-electron chi connectivity index (χ3n) is 1.41. The van der Waals surface area contributed by atoms with Crippen LogP contribution in [0.1, 0.15) is 12.7 Å². The van der Waals surface area contributed by atoms with Crippen LogP contribution in [0, 0.1) is 0 Å². The summed E-state index contributed by atoms with van der Waals surface area (Å²) in [6, 6.07) is 2.06. The van der Waals surface area contributed by atoms with Crippen LogP contribution in [0.3, 0.4) is 0 Å². The van der Waals surface area contributed by atoms with Crippen LogP contribution in [-0.4, -0.2) is 12.6 Å². The van der Waals surface area contributed by atoms with Gasteiger partial charge in [0, 0.05) is 0 Å². The molecule has 14 heavy (non-hydrogen) atoms. The average molecular weight is 225 g/mol. The first-order valence-electron chi connectivity index (χ1n) is 3.79. The normalized spacial score (nSPS) is 11.4. The van der Waals surface area contributed by atoms with Crippen molar-refractivity contribution in [2.45, 2.75) is 12.8 Å². The van der Waals surface area contributed by atoms with Gasteiger partial charge in [-0.2, -0.15) is 8.78 Å². The second-order valence-corrected chi connectivity index (χ2v) is 2.77. The molecule has 0 fully saturated rings. The van der Waals surface area contributed by atoms with Gasteiger partial charge < -0.3 is 9.15 Å². The third-order valence-corrected chi connectivity index (χ3v) is 1.62. The van der Waals surface area contributed by atoms with Crippen molar-refractivity contribution in [1.82, 2.24) is 0 Å². The van der Waals surface area contributed by atoms with E-state index in [9.17, 15) is 13.6 Å². The van der Waals surface area contributed by atoms with E-state index in [2.05, 4.69) is 9.15 Å². The van der Waals surface area contributed by atoms with Crippen molar-refractivity contribution in [1.29, 1.82) is 0 Å². The highest BCUT2D eigenvalue weighted by atomic mass is 35.5. The summed E-state index contributed by atoms with van der Waals surface area (Å²) >= 11 is 5.30. The van der Waals surface area contributed by atoms with Gasteiger partial charge in [0.1, 0.15) is 0 Å². The fourth-order valence-electron chi connectivity index (χ4n) is 0.805. The predicted octanol–water partition coefficient (Wildman–Crippen LogP) is 2.59. The number of carbonyl (C=O) groups excluding carboxylic acids is 1. The average Bonchev–Trinajstić information content (AvgIpc) is 2.52. The number of halogens is 3. The van der Waals surface area contributed by atoms with Crippen molar-refractivity contribution < 1.29 is 22.7 Å². The van der Waals surface area contributed by atoms with Crippen LogP contribution in [0.15, 0.2) is 16.5 Å². The summed E-state index contributed by atoms with van der Waals surface area (Å²) in [4.78, 5) is 10.8. The van der Waals surface area contributed by atoms with Gasteiger partial charge in [-0.15, -0.1) is 0 Å². The topological polar surface area (TPSA) is 39.4 Å². The summed E-state index contributed by atoms with van der Waals surface area (Å²) in [7, 11) is 0. The molecule has 78 valence electrons. The van der Waals surface area contributed by atoms with E-state index in [0.717, 1.165) is 12.1 Å². The molecule has 0 aromatic carbocycles. The van der Waals surface area contributed by atoms with E-state index >= 15 is 0 Å². The van der Waals surface area contributed by atoms with E-state index in [1.807, 2.05) is 0 Å². The molecule has 6 heteroatoms. The summed E-state index contributed by atoms with van der Waals surface area (Å²) in [5.41, 5.74) is 0. The molecule has 0 unspecified atom stereocenters. The highest BCUT2D eigenvalue weighted by molar-refractivity contribution is 6.28. The lowest BCUT2D eigenvalue weighted by molar-refractivity contribution is -0.175. The number of ether oxygens (including phenoxy) is 1. The Morgan fingerprint density at radius 1 is 1.64 bits per heavy atom. The molecule has 0 atom stereocenters. The number of carbonyl (C=O) groups is 1. The zero-order valence-corrected chi connectivity index (χ0v) is 7.98. The smallest absolute Gasteiger partial charge is 0.399 e. The summed E-state index contributed by atoms with van der Waals surface area (Å²) < 4.78 is 34.9. The monoisotopic (exact) mass is 224 g/mol. The Morgan fingerprint density at radius 3 is 2.71 bits per heavy atom. The molecule has 1 aromatic heterocycles. The zero-order valence-electron chi connectivity index (χ0n) is 7.22. The number of hydrogen-bond donors (Lipinski definition) is 0. The van der Waals surface area contributed by atoms with E-state index in [0.29, 0.717) is 0 Å². The minimum absolute atomic E-state index is 0.122. The Hall–Kier alpha value is -1.10. The molecule has 0 saturated carbocycles. The molecule has 0 radical (unpaired) electrons. The van der Waals surface area contributed by atoms with Gasteiger partial charge in [0.05, 0.1) is 6.61 Å². The van der Waals surface area contributed by atoms with E-state index < -0.39 is 17.7 Å². The van der Waals surface area contributed by atoms with Crippen LogP contribution in [-0.2, 0) is 15.5 Å². The van der Waals surface area contributed by atoms with Crippen molar-refractivity contribution in [3.63, 3.8) is 0 Å². The highest BCUT2D eigenvalue weighted by Crippen LogP contribution is 2.32. The molecular weight excluding hydrogens is 218 g/mol. The van der Waals surface area contributed by atoms with Crippen LogP contribution in [0.25, 0.3) is 0 Å². The summed E-state index contributed by atoms with van der Waals surface area (Å²) in [6.07, 6.45) is 0. The Bertz CT molecular complexity index is 335. The quantitative estimate of drug-likeness (QED) is 0.741. The molecule has 0 N–H and O–H groups in total. The minimum atomic E-state index is -3.79. The van der Waals surface area contributed by atoms with Crippen molar-refractivity contribution in [2.24, 2.45) is 0 Å². The molecule has 0 amide bonds. The summed E-state index contributed by atoms with van der Waals surface area (Å²) in [6.45, 7) is 1.31. The van der Waals surface area contributed by atoms with Gasteiger partial charge in [0.15, 0.2) is 11.0 Å². The number of esters is 1. The van der Waals surface area contributed by atoms with Crippen molar-refractivity contribution in [3.05, 3.63) is 23.1 Å². The predicted molar refractivity (Wildman–Crippen MR) is 44.2 cm³/mol. The molecule has 3 nitrogen and oxygen atoms in total. The van der Waals surface area contributed by atoms with Gasteiger partial charge in [-0.25, -0.2) is 4.79 Å². The van der Waals surface area contributed by atoms with Crippen LogP contribution in [0.4, 0.5) is 8.78 Å². The molecule has 0 saturated heterocycles. The lowest BCUT2D eigenvalue weighted by atomic mass is 10.2. The van der Waals surface area contributed by atoms with Crippen LogP contribution in [0.5, 0.6) is 0 Å². The molecule has 1 heterocycles. The molecule has 0 spiro atoms. The van der Waals surface area contributed by atoms with Gasteiger partial charge in [0.25, 0.3) is 0 Å². The lowest BCUT2D eigenvalue weighted by Crippen LogP contribution is -2.27. The van der Waals surface area contributed by atoms with Crippen LogP contribution < -0.4 is 0 Å². The summed E-state index contributed by atoms with van der Waals surface area (Å²) in [5, 5.41) is -0.205. The van der Waals surface area contributed by atoms with E-state index in [4.69, 9.17) is 11.6 Å². The Labute approximate surface area is 83.6 Å². The highest BCUT2D eigenvalue weighted by Gasteiger charge is 2.45. The lowest BCUT2D eigenvalue weighted by Gasteiger charge is -2.11. The van der Waals surface area contributed by atoms with Crippen molar-refractivity contribution >= 4 is 17.6 Å². The SMILES string of the molecule is CCOC(=O)C(F)(F)c1ccc(Cl)o1. The minimum Gasteiger partial charge on any atom is -0.461 e. The third kappa shape index (κ3) is 2.04. The molecule has 0 bridgehead atoms. The van der Waals surface area contributed by atoms with Gasteiger partial charge in [-0.3, -0.25) is 0 Å². The summed E-state index contributed by atoms with van der Waals surface area (Å²) in [5.74, 6) is -6.25. The maximum atomic E-state index is 13.1. The number of hydrogen-bond acceptors (Lipinski definition) is 3. The van der Waals surface area contributed by atoms with Gasteiger partial charge in [-0.05, 0) is 30.7 Å². The first-order valence-corrected chi connectivity index (χ1v) is 4.17. The molecule has 1 aromatic rings. The van der Waals surface area contributed by atoms with Crippen LogP contribution >= 0.6 is 11.6 Å². The maximum absolute atomic E-state index is 13.1. The largest absolute Gasteiger partial charge is 0.461 e. The van der Waals surface area contributed by atoms with Crippen molar-refractivity contribution in [2.75, 3.05) is 6.61 Å². The van der Waals surface area contributed by atoms with E-state index in [-0.39, 0.29) is 11.8 Å².